The van der Waals surface area contributed by atoms with Crippen LogP contribution in [-0.2, 0) is 28.4 Å². The molecule has 0 N–H and O–H groups in total. The molecule has 316 valence electrons. The Bertz CT molecular complexity index is 2220. The van der Waals surface area contributed by atoms with Crippen molar-refractivity contribution in [1.82, 2.24) is 8.75 Å². The Kier molecular flexibility index (Phi) is 17.4. The van der Waals surface area contributed by atoms with Crippen molar-refractivity contribution in [1.29, 1.82) is 0 Å². The van der Waals surface area contributed by atoms with Crippen molar-refractivity contribution < 1.29 is 47.4 Å². The number of nitrogens with zero attached hydrogens (tertiary/aromatic N) is 2. The van der Waals surface area contributed by atoms with E-state index < -0.39 is 0 Å². The van der Waals surface area contributed by atoms with Crippen LogP contribution >= 0.6 is 11.7 Å². The molecule has 0 spiro atoms. The van der Waals surface area contributed by atoms with Crippen LogP contribution in [0.25, 0.3) is 21.8 Å². The largest absolute Gasteiger partial charge is 0.491 e. The lowest BCUT2D eigenvalue weighted by molar-refractivity contribution is 0.00500. The molecule has 0 atom stereocenters. The molecule has 61 heavy (non-hydrogen) atoms. The molecular weight excluding hydrogens is 797 g/mol. The minimum Gasteiger partial charge on any atom is -0.491 e. The second kappa shape index (κ2) is 24.5. The lowest BCUT2D eigenvalue weighted by Crippen LogP contribution is -2.14. The van der Waals surface area contributed by atoms with Gasteiger partial charge < -0.3 is 47.4 Å². The number of ether oxygens (including phenoxy) is 10. The Morgan fingerprint density at radius 3 is 1.07 bits per heavy atom. The number of fused-ring (bicyclic) bond motifs is 3. The topological polar surface area (TPSA) is 118 Å². The van der Waals surface area contributed by atoms with Crippen LogP contribution < -0.4 is 18.9 Å². The molecule has 4 heterocycles. The van der Waals surface area contributed by atoms with Crippen molar-refractivity contribution in [3.63, 3.8) is 0 Å². The molecule has 12 nitrogen and oxygen atoms in total. The van der Waals surface area contributed by atoms with Gasteiger partial charge in [0.05, 0.1) is 102 Å². The summed E-state index contributed by atoms with van der Waals surface area (Å²) >= 11 is 1.15. The summed E-state index contributed by atoms with van der Waals surface area (Å²) in [6.07, 6.45) is 0. The van der Waals surface area contributed by atoms with E-state index in [4.69, 9.17) is 47.4 Å². The molecule has 10 bridgehead atoms. The van der Waals surface area contributed by atoms with Gasteiger partial charge in [0.25, 0.3) is 0 Å². The average Bonchev–Trinajstić information content (AvgIpc) is 3.80. The van der Waals surface area contributed by atoms with E-state index in [-0.39, 0.29) is 0 Å². The number of hydrogen-bond acceptors (Lipinski definition) is 13. The third kappa shape index (κ3) is 13.9. The Morgan fingerprint density at radius 1 is 0.344 bits per heavy atom. The highest BCUT2D eigenvalue weighted by molar-refractivity contribution is 7.00. The smallest absolute Gasteiger partial charge is 0.127 e. The van der Waals surface area contributed by atoms with Gasteiger partial charge >= 0.3 is 0 Å². The van der Waals surface area contributed by atoms with Gasteiger partial charge in [-0.25, -0.2) is 0 Å². The standard InChI is InChI=1S/C48H48N2O10S/c1-3-43-44-4-2-6-46(43)60-36-32-56-28-24-52-22-26-54-30-34-58-42-19-11-38(12-20-42)8-14-40-16-15-39(47-48(40)50-61-49-47)13-7-37-9-17-41(18-10-37)57-33-29-53-25-21-51-23-27-55-31-35-59-45(44)5-1/h1-6,9-12,15-20H,21-36H2. The highest BCUT2D eigenvalue weighted by Gasteiger charge is 2.09. The fourth-order valence-corrected chi connectivity index (χ4v) is 6.64. The second-order valence-corrected chi connectivity index (χ2v) is 13.9. The zero-order chi connectivity index (χ0) is 41.6. The zero-order valence-electron chi connectivity index (χ0n) is 33.9. The first kappa shape index (κ1) is 43.4. The van der Waals surface area contributed by atoms with Crippen LogP contribution in [0.5, 0.6) is 23.0 Å². The number of benzene rings is 5. The number of rotatable bonds is 0. The van der Waals surface area contributed by atoms with Crippen molar-refractivity contribution in [2.24, 2.45) is 0 Å². The summed E-state index contributed by atoms with van der Waals surface area (Å²) in [6.45, 7) is 7.14. The maximum absolute atomic E-state index is 6.06. The Morgan fingerprint density at radius 2 is 0.689 bits per heavy atom. The lowest BCUT2D eigenvalue weighted by atomic mass is 10.1. The van der Waals surface area contributed by atoms with Crippen LogP contribution in [0.2, 0.25) is 0 Å². The maximum atomic E-state index is 6.06. The van der Waals surface area contributed by atoms with Gasteiger partial charge in [-0.2, -0.15) is 8.75 Å². The van der Waals surface area contributed by atoms with Crippen molar-refractivity contribution in [3.8, 4) is 46.7 Å². The van der Waals surface area contributed by atoms with Gasteiger partial charge in [-0.3, -0.25) is 0 Å². The van der Waals surface area contributed by atoms with Crippen LogP contribution in [0.4, 0.5) is 0 Å². The molecule has 0 fully saturated rings. The van der Waals surface area contributed by atoms with E-state index in [1.807, 2.05) is 97.1 Å². The van der Waals surface area contributed by atoms with Gasteiger partial charge in [-0.05, 0) is 72.8 Å². The summed E-state index contributed by atoms with van der Waals surface area (Å²) in [5.74, 6) is 16.0. The Hall–Kier alpha value is -5.74. The normalized spacial score (nSPS) is 16.3. The van der Waals surface area contributed by atoms with E-state index in [0.717, 1.165) is 78.8 Å². The van der Waals surface area contributed by atoms with Crippen molar-refractivity contribution in [2.75, 3.05) is 106 Å². The van der Waals surface area contributed by atoms with Gasteiger partial charge in [0.15, 0.2) is 0 Å². The molecule has 0 saturated heterocycles. The van der Waals surface area contributed by atoms with Crippen LogP contribution in [0.3, 0.4) is 0 Å². The SMILES string of the molecule is C1#Cc2ccc(c3nsnc23)C#Cc2ccc(cc2)OCCOCCOCCOCCOc2cccc3c(cccc23)OCCOCCOCCOCCOc2ccc1cc2. The first-order chi connectivity index (χ1) is 30.3. The highest BCUT2D eigenvalue weighted by Crippen LogP contribution is 2.32. The van der Waals surface area contributed by atoms with E-state index in [0.29, 0.717) is 106 Å². The number of aromatic nitrogens is 2. The van der Waals surface area contributed by atoms with Gasteiger partial charge in [0, 0.05) is 21.9 Å². The Labute approximate surface area is 360 Å². The summed E-state index contributed by atoms with van der Waals surface area (Å²) < 4.78 is 66.8. The third-order valence-corrected chi connectivity index (χ3v) is 9.63. The fraction of sp³-hybridized carbons (Fsp3) is 0.333. The first-order valence-corrected chi connectivity index (χ1v) is 21.0. The predicted octanol–water partition coefficient (Wildman–Crippen LogP) is 6.97. The molecule has 1 aromatic heterocycles. The molecule has 0 unspecified atom stereocenters. The Balaban J connectivity index is 0.896. The van der Waals surface area contributed by atoms with Gasteiger partial charge in [-0.1, -0.05) is 47.9 Å². The van der Waals surface area contributed by atoms with Crippen molar-refractivity contribution in [3.05, 3.63) is 119 Å². The summed E-state index contributed by atoms with van der Waals surface area (Å²) in [5.41, 5.74) is 4.76. The van der Waals surface area contributed by atoms with Crippen LogP contribution in [0.1, 0.15) is 22.3 Å². The molecule has 0 aliphatic carbocycles. The molecule has 5 aromatic carbocycles. The summed E-state index contributed by atoms with van der Waals surface area (Å²) in [7, 11) is 0. The van der Waals surface area contributed by atoms with Crippen LogP contribution in [0, 0.1) is 23.7 Å². The zero-order valence-corrected chi connectivity index (χ0v) is 34.8. The molecular formula is C48H48N2O10S. The van der Waals surface area contributed by atoms with E-state index in [1.54, 1.807) is 0 Å². The molecule has 13 heteroatoms. The molecule has 0 radical (unpaired) electrons. The third-order valence-electron chi connectivity index (χ3n) is 9.10. The van der Waals surface area contributed by atoms with E-state index in [1.165, 1.54) is 0 Å². The van der Waals surface area contributed by atoms with Gasteiger partial charge in [-0.15, -0.1) is 0 Å². The number of hydrogen-bond donors (Lipinski definition) is 0. The fourth-order valence-electron chi connectivity index (χ4n) is 6.06. The van der Waals surface area contributed by atoms with E-state index in [2.05, 4.69) is 32.4 Å². The summed E-state index contributed by atoms with van der Waals surface area (Å²) in [5, 5.41) is 1.94. The monoisotopic (exact) mass is 844 g/mol. The van der Waals surface area contributed by atoms with Crippen molar-refractivity contribution >= 4 is 33.5 Å². The predicted molar refractivity (Wildman–Crippen MR) is 233 cm³/mol. The summed E-state index contributed by atoms with van der Waals surface area (Å²) in [4.78, 5) is 0. The molecule has 6 aromatic rings. The molecule has 3 aliphatic heterocycles. The van der Waals surface area contributed by atoms with E-state index >= 15 is 0 Å². The molecule has 3 aliphatic rings. The lowest BCUT2D eigenvalue weighted by Gasteiger charge is -2.13. The first-order valence-electron chi connectivity index (χ1n) is 20.3. The summed E-state index contributed by atoms with van der Waals surface area (Å²) in [6, 6.07) is 31.0. The van der Waals surface area contributed by atoms with Gasteiger partial charge in [0.2, 0.25) is 0 Å². The van der Waals surface area contributed by atoms with Crippen LogP contribution in [0.15, 0.2) is 97.1 Å². The minimum atomic E-state index is 0.411. The average molecular weight is 845 g/mol. The van der Waals surface area contributed by atoms with Crippen LogP contribution in [-0.4, -0.2) is 114 Å². The maximum Gasteiger partial charge on any atom is 0.127 e. The van der Waals surface area contributed by atoms with E-state index in [9.17, 15) is 0 Å². The van der Waals surface area contributed by atoms with Gasteiger partial charge in [0.1, 0.15) is 60.5 Å². The molecule has 9 rings (SSSR count). The minimum absolute atomic E-state index is 0.411. The van der Waals surface area contributed by atoms with Crippen molar-refractivity contribution in [2.45, 2.75) is 0 Å². The molecule has 0 amide bonds. The second-order valence-electron chi connectivity index (χ2n) is 13.3. The molecule has 0 saturated carbocycles. The highest BCUT2D eigenvalue weighted by atomic mass is 32.1. The quantitative estimate of drug-likeness (QED) is 0.147.